The number of hydrogen-bond acceptors (Lipinski definition) is 5. The van der Waals surface area contributed by atoms with Gasteiger partial charge in [0.15, 0.2) is 5.16 Å². The molecule has 25 heavy (non-hydrogen) atoms. The number of nitrogens with zero attached hydrogens (tertiary/aromatic N) is 1. The summed E-state index contributed by atoms with van der Waals surface area (Å²) in [6, 6.07) is 0.133. The van der Waals surface area contributed by atoms with E-state index < -0.39 is 0 Å². The van der Waals surface area contributed by atoms with Crippen LogP contribution in [0.1, 0.15) is 44.6 Å². The number of aromatic nitrogens is 2. The van der Waals surface area contributed by atoms with Crippen molar-refractivity contribution >= 4 is 39.2 Å². The zero-order chi connectivity index (χ0) is 18.1. The van der Waals surface area contributed by atoms with E-state index >= 15 is 0 Å². The van der Waals surface area contributed by atoms with Crippen LogP contribution in [0.3, 0.4) is 0 Å². The summed E-state index contributed by atoms with van der Waals surface area (Å²) in [6.07, 6.45) is 3.13. The van der Waals surface area contributed by atoms with Crippen LogP contribution in [0, 0.1) is 11.8 Å². The van der Waals surface area contributed by atoms with E-state index in [4.69, 9.17) is 0 Å². The van der Waals surface area contributed by atoms with Gasteiger partial charge in [-0.3, -0.25) is 9.59 Å². The topological polar surface area (TPSA) is 74.8 Å². The highest BCUT2D eigenvalue weighted by Gasteiger charge is 2.23. The number of carbonyl (C=O) groups excluding carboxylic acids is 1. The molecule has 0 radical (unpaired) electrons. The molecule has 0 aliphatic heterocycles. The summed E-state index contributed by atoms with van der Waals surface area (Å²) in [5.41, 5.74) is 1.11. The summed E-state index contributed by atoms with van der Waals surface area (Å²) in [5.74, 6) is 1.28. The van der Waals surface area contributed by atoms with Crippen molar-refractivity contribution in [3.63, 3.8) is 0 Å². The van der Waals surface area contributed by atoms with E-state index in [0.717, 1.165) is 29.5 Å². The molecule has 0 saturated carbocycles. The van der Waals surface area contributed by atoms with Crippen LogP contribution in [0.4, 0.5) is 0 Å². The van der Waals surface area contributed by atoms with Crippen LogP contribution in [0.25, 0.3) is 10.2 Å². The quantitative estimate of drug-likeness (QED) is 0.617. The highest BCUT2D eigenvalue weighted by molar-refractivity contribution is 7.99. The molecule has 2 aromatic heterocycles. The van der Waals surface area contributed by atoms with Crippen molar-refractivity contribution < 1.29 is 4.79 Å². The number of rotatable bonds is 5. The monoisotopic (exact) mass is 379 g/mol. The maximum Gasteiger partial charge on any atom is 0.260 e. The van der Waals surface area contributed by atoms with Crippen LogP contribution in [0.2, 0.25) is 0 Å². The van der Waals surface area contributed by atoms with E-state index in [-0.39, 0.29) is 23.3 Å². The van der Waals surface area contributed by atoms with Gasteiger partial charge in [-0.15, -0.1) is 11.3 Å². The standard InChI is InChI=1S/C18H25N3O2S2/c1-9(2)11(4)19-14(22)8-24-18-20-16(23)15-12-6-5-10(3)7-13(12)25-17(15)21-18/h9-11H,5-8H2,1-4H3,(H,19,22)(H,20,21,23)/t10-,11-/m0/s1. The first-order valence-electron chi connectivity index (χ1n) is 8.82. The van der Waals surface area contributed by atoms with E-state index in [9.17, 15) is 9.59 Å². The molecule has 7 heteroatoms. The lowest BCUT2D eigenvalue weighted by atomic mass is 9.89. The van der Waals surface area contributed by atoms with Crippen LogP contribution >= 0.6 is 23.1 Å². The van der Waals surface area contributed by atoms with Crippen molar-refractivity contribution in [2.75, 3.05) is 5.75 Å². The molecule has 2 atom stereocenters. The fourth-order valence-electron chi connectivity index (χ4n) is 2.99. The van der Waals surface area contributed by atoms with Crippen LogP contribution < -0.4 is 10.9 Å². The summed E-state index contributed by atoms with van der Waals surface area (Å²) in [5, 5.41) is 4.25. The van der Waals surface area contributed by atoms with Gasteiger partial charge in [0.1, 0.15) is 4.83 Å². The third-order valence-electron chi connectivity index (χ3n) is 4.87. The smallest absolute Gasteiger partial charge is 0.260 e. The molecule has 0 saturated heterocycles. The van der Waals surface area contributed by atoms with Gasteiger partial charge in [0, 0.05) is 10.9 Å². The molecule has 3 rings (SSSR count). The number of aryl methyl sites for hydroxylation is 1. The highest BCUT2D eigenvalue weighted by atomic mass is 32.2. The Morgan fingerprint density at radius 3 is 2.92 bits per heavy atom. The van der Waals surface area contributed by atoms with Gasteiger partial charge in [0.05, 0.1) is 11.1 Å². The Kier molecular flexibility index (Phi) is 5.53. The summed E-state index contributed by atoms with van der Waals surface area (Å²) >= 11 is 2.92. The van der Waals surface area contributed by atoms with Crippen molar-refractivity contribution in [1.29, 1.82) is 0 Å². The molecule has 2 N–H and O–H groups in total. The summed E-state index contributed by atoms with van der Waals surface area (Å²) in [4.78, 5) is 34.1. The van der Waals surface area contributed by atoms with Crippen LogP contribution in [-0.2, 0) is 17.6 Å². The van der Waals surface area contributed by atoms with Crippen molar-refractivity contribution in [2.24, 2.45) is 11.8 Å². The number of carbonyl (C=O) groups is 1. The van der Waals surface area contributed by atoms with E-state index in [1.54, 1.807) is 11.3 Å². The molecule has 1 amide bonds. The largest absolute Gasteiger partial charge is 0.353 e. The van der Waals surface area contributed by atoms with Gasteiger partial charge in [-0.2, -0.15) is 0 Å². The molecule has 136 valence electrons. The van der Waals surface area contributed by atoms with Gasteiger partial charge in [0.25, 0.3) is 5.56 Å². The normalized spacial score (nSPS) is 18.4. The van der Waals surface area contributed by atoms with Crippen LogP contribution in [0.5, 0.6) is 0 Å². The second-order valence-corrected chi connectivity index (χ2v) is 9.34. The fraction of sp³-hybridized carbons (Fsp3) is 0.611. The Bertz CT molecular complexity index is 841. The molecular weight excluding hydrogens is 354 g/mol. The maximum absolute atomic E-state index is 12.5. The molecule has 0 aromatic carbocycles. The number of thioether (sulfide) groups is 1. The third-order valence-corrected chi connectivity index (χ3v) is 6.89. The minimum Gasteiger partial charge on any atom is -0.353 e. The first kappa shape index (κ1) is 18.5. The first-order chi connectivity index (χ1) is 11.8. The molecule has 2 heterocycles. The van der Waals surface area contributed by atoms with Gasteiger partial charge in [-0.1, -0.05) is 32.5 Å². The van der Waals surface area contributed by atoms with Gasteiger partial charge in [-0.25, -0.2) is 4.98 Å². The number of hydrogen-bond donors (Lipinski definition) is 2. The molecule has 1 aliphatic carbocycles. The van der Waals surface area contributed by atoms with Crippen molar-refractivity contribution in [3.05, 3.63) is 20.8 Å². The van der Waals surface area contributed by atoms with Gasteiger partial charge < -0.3 is 10.3 Å². The van der Waals surface area contributed by atoms with Crippen molar-refractivity contribution in [1.82, 2.24) is 15.3 Å². The minimum absolute atomic E-state index is 0.0340. The SMILES string of the molecule is CC(C)[C@H](C)NC(=O)CSc1nc2sc3c(c2c(=O)[nH]1)CC[C@H](C)C3. The number of thiophene rings is 1. The fourth-order valence-corrected chi connectivity index (χ4v) is 5.11. The first-order valence-corrected chi connectivity index (χ1v) is 10.6. The van der Waals surface area contributed by atoms with E-state index in [1.807, 2.05) is 6.92 Å². The van der Waals surface area contributed by atoms with E-state index in [2.05, 4.69) is 36.1 Å². The number of fused-ring (bicyclic) bond motifs is 3. The third kappa shape index (κ3) is 4.08. The van der Waals surface area contributed by atoms with Gasteiger partial charge in [0.2, 0.25) is 5.91 Å². The predicted molar refractivity (Wildman–Crippen MR) is 105 cm³/mol. The Labute approximate surface area is 156 Å². The Hall–Kier alpha value is -1.34. The van der Waals surface area contributed by atoms with Crippen molar-refractivity contribution in [3.8, 4) is 0 Å². The van der Waals surface area contributed by atoms with Crippen molar-refractivity contribution in [2.45, 2.75) is 58.2 Å². The average Bonchev–Trinajstić information content (AvgIpc) is 2.90. The van der Waals surface area contributed by atoms with Crippen LogP contribution in [0.15, 0.2) is 9.95 Å². The van der Waals surface area contributed by atoms with Crippen LogP contribution in [-0.4, -0.2) is 27.7 Å². The van der Waals surface area contributed by atoms with Gasteiger partial charge >= 0.3 is 0 Å². The second kappa shape index (κ2) is 7.50. The zero-order valence-corrected chi connectivity index (χ0v) is 16.8. The minimum atomic E-state index is -0.0736. The zero-order valence-electron chi connectivity index (χ0n) is 15.1. The Morgan fingerprint density at radius 1 is 1.44 bits per heavy atom. The maximum atomic E-state index is 12.5. The molecule has 1 aliphatic rings. The molecule has 5 nitrogen and oxygen atoms in total. The summed E-state index contributed by atoms with van der Waals surface area (Å²) in [7, 11) is 0. The lowest BCUT2D eigenvalue weighted by Gasteiger charge is -2.17. The van der Waals surface area contributed by atoms with Gasteiger partial charge in [-0.05, 0) is 43.6 Å². The molecule has 0 fully saturated rings. The number of H-pyrrole nitrogens is 1. The molecule has 0 unspecified atom stereocenters. The second-order valence-electron chi connectivity index (χ2n) is 7.29. The Balaban J connectivity index is 1.75. The molecule has 0 spiro atoms. The number of nitrogens with one attached hydrogen (secondary N) is 2. The number of amides is 1. The van der Waals surface area contributed by atoms with E-state index in [1.165, 1.54) is 22.2 Å². The summed E-state index contributed by atoms with van der Waals surface area (Å²) < 4.78 is 0. The predicted octanol–water partition coefficient (Wildman–Crippen LogP) is 3.36. The highest BCUT2D eigenvalue weighted by Crippen LogP contribution is 2.36. The average molecular weight is 380 g/mol. The number of aromatic amines is 1. The van der Waals surface area contributed by atoms with E-state index in [0.29, 0.717) is 17.0 Å². The molecule has 0 bridgehead atoms. The lowest BCUT2D eigenvalue weighted by Crippen LogP contribution is -2.37. The summed E-state index contributed by atoms with van der Waals surface area (Å²) in [6.45, 7) is 8.40. The molecular formula is C18H25N3O2S2. The molecule has 2 aromatic rings. The Morgan fingerprint density at radius 2 is 2.20 bits per heavy atom. The lowest BCUT2D eigenvalue weighted by molar-refractivity contribution is -0.119.